The van der Waals surface area contributed by atoms with Gasteiger partial charge in [-0.3, -0.25) is 4.79 Å². The first-order valence-electron chi connectivity index (χ1n) is 6.59. The molecule has 3 N–H and O–H groups in total. The van der Waals surface area contributed by atoms with Crippen molar-refractivity contribution in [1.82, 2.24) is 0 Å². The van der Waals surface area contributed by atoms with E-state index in [1.807, 2.05) is 12.1 Å². The van der Waals surface area contributed by atoms with E-state index >= 15 is 0 Å². The Balaban J connectivity index is 1.95. The molecule has 2 aromatic rings. The number of carbonyl (C=O) groups is 1. The summed E-state index contributed by atoms with van der Waals surface area (Å²) in [5.41, 5.74) is 7.22. The minimum Gasteiger partial charge on any atom is -0.371 e. The van der Waals surface area contributed by atoms with E-state index in [-0.39, 0.29) is 5.82 Å². The van der Waals surface area contributed by atoms with Crippen LogP contribution in [0.3, 0.4) is 0 Å². The highest BCUT2D eigenvalue weighted by molar-refractivity contribution is 6.30. The van der Waals surface area contributed by atoms with Crippen LogP contribution in [0, 0.1) is 5.82 Å². The van der Waals surface area contributed by atoms with Crippen molar-refractivity contribution in [2.45, 2.75) is 18.4 Å². The number of benzene rings is 2. The Morgan fingerprint density at radius 2 is 1.95 bits per heavy atom. The Labute approximate surface area is 126 Å². The first-order valence-corrected chi connectivity index (χ1v) is 6.97. The van der Waals surface area contributed by atoms with Crippen molar-refractivity contribution in [1.29, 1.82) is 0 Å². The third-order valence-electron chi connectivity index (χ3n) is 3.83. The standard InChI is InChI=1S/C16H14ClFN2O/c17-12-5-4-10-8-16(15(19)21,9-11(10)6-12)20-14-3-1-2-13(18)7-14/h1-7,20H,8-9H2,(H2,19,21). The number of hydrogen-bond donors (Lipinski definition) is 2. The zero-order valence-corrected chi connectivity index (χ0v) is 12.0. The normalized spacial score (nSPS) is 20.1. The summed E-state index contributed by atoms with van der Waals surface area (Å²) < 4.78 is 13.3. The van der Waals surface area contributed by atoms with Crippen LogP contribution < -0.4 is 11.1 Å². The quantitative estimate of drug-likeness (QED) is 0.916. The van der Waals surface area contributed by atoms with Gasteiger partial charge >= 0.3 is 0 Å². The van der Waals surface area contributed by atoms with Gasteiger partial charge in [-0.1, -0.05) is 23.7 Å². The Kier molecular flexibility index (Phi) is 3.33. The third-order valence-corrected chi connectivity index (χ3v) is 4.07. The molecule has 3 nitrogen and oxygen atoms in total. The number of carbonyl (C=O) groups excluding carboxylic acids is 1. The fourth-order valence-corrected chi connectivity index (χ4v) is 3.01. The van der Waals surface area contributed by atoms with Gasteiger partial charge in [-0.2, -0.15) is 0 Å². The zero-order valence-electron chi connectivity index (χ0n) is 11.2. The summed E-state index contributed by atoms with van der Waals surface area (Å²) in [4.78, 5) is 12.0. The molecule has 0 heterocycles. The molecule has 0 aliphatic heterocycles. The molecular formula is C16H14ClFN2O. The van der Waals surface area contributed by atoms with Gasteiger partial charge in [0.2, 0.25) is 5.91 Å². The molecule has 1 amide bonds. The maximum absolute atomic E-state index is 13.3. The molecule has 0 saturated heterocycles. The van der Waals surface area contributed by atoms with Gasteiger partial charge < -0.3 is 11.1 Å². The van der Waals surface area contributed by atoms with Crippen LogP contribution in [0.5, 0.6) is 0 Å². The lowest BCUT2D eigenvalue weighted by Gasteiger charge is -2.28. The lowest BCUT2D eigenvalue weighted by molar-refractivity contribution is -0.122. The average Bonchev–Trinajstić information content (AvgIpc) is 2.77. The fraction of sp³-hybridized carbons (Fsp3) is 0.188. The highest BCUT2D eigenvalue weighted by atomic mass is 35.5. The highest BCUT2D eigenvalue weighted by Crippen LogP contribution is 2.34. The van der Waals surface area contributed by atoms with Crippen molar-refractivity contribution in [3.63, 3.8) is 0 Å². The summed E-state index contributed by atoms with van der Waals surface area (Å²) in [5.74, 6) is -0.822. The zero-order chi connectivity index (χ0) is 15.0. The van der Waals surface area contributed by atoms with Crippen LogP contribution >= 0.6 is 11.6 Å². The van der Waals surface area contributed by atoms with Gasteiger partial charge in [0.15, 0.2) is 0 Å². The predicted octanol–water partition coefficient (Wildman–Crippen LogP) is 2.91. The molecule has 1 aliphatic rings. The molecule has 108 valence electrons. The van der Waals surface area contributed by atoms with Gasteiger partial charge in [-0.05, 0) is 41.5 Å². The average molecular weight is 305 g/mol. The smallest absolute Gasteiger partial charge is 0.243 e. The Morgan fingerprint density at radius 3 is 2.67 bits per heavy atom. The van der Waals surface area contributed by atoms with E-state index in [2.05, 4.69) is 5.32 Å². The SMILES string of the molecule is NC(=O)C1(Nc2cccc(F)c2)Cc2ccc(Cl)cc2C1. The number of halogens is 2. The molecule has 0 bridgehead atoms. The largest absolute Gasteiger partial charge is 0.371 e. The summed E-state index contributed by atoms with van der Waals surface area (Å²) in [6.45, 7) is 0. The molecule has 0 fully saturated rings. The topological polar surface area (TPSA) is 55.1 Å². The van der Waals surface area contributed by atoms with Gasteiger partial charge in [-0.25, -0.2) is 4.39 Å². The van der Waals surface area contributed by atoms with E-state index in [4.69, 9.17) is 17.3 Å². The molecule has 21 heavy (non-hydrogen) atoms. The third kappa shape index (κ3) is 2.59. The number of amides is 1. The molecule has 0 spiro atoms. The molecule has 5 heteroatoms. The van der Waals surface area contributed by atoms with Gasteiger partial charge in [0.25, 0.3) is 0 Å². The summed E-state index contributed by atoms with van der Waals surface area (Å²) in [6.07, 6.45) is 0.903. The van der Waals surface area contributed by atoms with Crippen LogP contribution in [0.15, 0.2) is 42.5 Å². The van der Waals surface area contributed by atoms with Crippen LogP contribution in [0.25, 0.3) is 0 Å². The molecule has 3 rings (SSSR count). The van der Waals surface area contributed by atoms with Crippen LogP contribution in [0.2, 0.25) is 5.02 Å². The second kappa shape index (κ2) is 5.04. The van der Waals surface area contributed by atoms with E-state index in [1.165, 1.54) is 12.1 Å². The Morgan fingerprint density at radius 1 is 1.19 bits per heavy atom. The molecular weight excluding hydrogens is 291 g/mol. The fourth-order valence-electron chi connectivity index (χ4n) is 2.81. The highest BCUT2D eigenvalue weighted by Gasteiger charge is 2.42. The number of fused-ring (bicyclic) bond motifs is 1. The van der Waals surface area contributed by atoms with Gasteiger partial charge in [0, 0.05) is 23.6 Å². The maximum atomic E-state index is 13.3. The molecule has 0 radical (unpaired) electrons. The van der Waals surface area contributed by atoms with Crippen molar-refractivity contribution >= 4 is 23.2 Å². The molecule has 2 aromatic carbocycles. The molecule has 1 unspecified atom stereocenters. The number of hydrogen-bond acceptors (Lipinski definition) is 2. The van der Waals surface area contributed by atoms with Crippen molar-refractivity contribution in [2.24, 2.45) is 5.73 Å². The second-order valence-corrected chi connectivity index (χ2v) is 5.78. The maximum Gasteiger partial charge on any atom is 0.243 e. The Hall–Kier alpha value is -2.07. The van der Waals surface area contributed by atoms with Gasteiger partial charge in [0.05, 0.1) is 0 Å². The van der Waals surface area contributed by atoms with Crippen molar-refractivity contribution < 1.29 is 9.18 Å². The molecule has 0 aromatic heterocycles. The van der Waals surface area contributed by atoms with E-state index in [0.717, 1.165) is 11.1 Å². The minimum absolute atomic E-state index is 0.363. The van der Waals surface area contributed by atoms with Crippen molar-refractivity contribution in [3.05, 3.63) is 64.4 Å². The summed E-state index contributed by atoms with van der Waals surface area (Å²) in [7, 11) is 0. The summed E-state index contributed by atoms with van der Waals surface area (Å²) >= 11 is 5.99. The minimum atomic E-state index is -0.944. The van der Waals surface area contributed by atoms with Gasteiger partial charge in [0.1, 0.15) is 11.4 Å². The molecule has 0 saturated carbocycles. The first kappa shape index (κ1) is 13.9. The first-order chi connectivity index (χ1) is 9.98. The lowest BCUT2D eigenvalue weighted by Crippen LogP contribution is -2.51. The van der Waals surface area contributed by atoms with Crippen LogP contribution in [-0.2, 0) is 17.6 Å². The lowest BCUT2D eigenvalue weighted by atomic mass is 9.94. The van der Waals surface area contributed by atoms with E-state index in [1.54, 1.807) is 18.2 Å². The summed E-state index contributed by atoms with van der Waals surface area (Å²) in [5, 5.41) is 3.73. The van der Waals surface area contributed by atoms with Gasteiger partial charge in [-0.15, -0.1) is 0 Å². The monoisotopic (exact) mass is 304 g/mol. The molecule has 1 aliphatic carbocycles. The van der Waals surface area contributed by atoms with Crippen molar-refractivity contribution in [3.8, 4) is 0 Å². The predicted molar refractivity (Wildman–Crippen MR) is 80.8 cm³/mol. The molecule has 1 atom stereocenters. The number of rotatable bonds is 3. The van der Waals surface area contributed by atoms with E-state index in [0.29, 0.717) is 23.6 Å². The van der Waals surface area contributed by atoms with Crippen LogP contribution in [0.1, 0.15) is 11.1 Å². The second-order valence-electron chi connectivity index (χ2n) is 5.35. The van der Waals surface area contributed by atoms with Crippen LogP contribution in [-0.4, -0.2) is 11.4 Å². The van der Waals surface area contributed by atoms with Crippen LogP contribution in [0.4, 0.5) is 10.1 Å². The number of nitrogens with one attached hydrogen (secondary N) is 1. The number of primary amides is 1. The Bertz CT molecular complexity index is 719. The van der Waals surface area contributed by atoms with E-state index < -0.39 is 11.4 Å². The number of nitrogens with two attached hydrogens (primary N) is 1. The number of anilines is 1. The van der Waals surface area contributed by atoms with Crippen molar-refractivity contribution in [2.75, 3.05) is 5.32 Å². The van der Waals surface area contributed by atoms with E-state index in [9.17, 15) is 9.18 Å². The summed E-state index contributed by atoms with van der Waals surface area (Å²) in [6, 6.07) is 11.5.